The van der Waals surface area contributed by atoms with Crippen LogP contribution in [0.4, 0.5) is 11.5 Å². The van der Waals surface area contributed by atoms with Crippen molar-refractivity contribution in [1.82, 2.24) is 4.98 Å². The van der Waals surface area contributed by atoms with E-state index in [1.165, 1.54) is 6.42 Å². The van der Waals surface area contributed by atoms with Gasteiger partial charge >= 0.3 is 0 Å². The third-order valence-corrected chi connectivity index (χ3v) is 5.21. The van der Waals surface area contributed by atoms with Gasteiger partial charge in [0.05, 0.1) is 12.2 Å². The van der Waals surface area contributed by atoms with E-state index in [1.54, 1.807) is 11.1 Å². The van der Waals surface area contributed by atoms with Crippen molar-refractivity contribution in [3.05, 3.63) is 53.7 Å². The number of hydrogen-bond donors (Lipinski definition) is 1. The number of nitrogens with zero attached hydrogens (tertiary/aromatic N) is 3. The average Bonchev–Trinajstić information content (AvgIpc) is 3.07. The first kappa shape index (κ1) is 16.1. The summed E-state index contributed by atoms with van der Waals surface area (Å²) in [5, 5.41) is 9.68. The van der Waals surface area contributed by atoms with Crippen LogP contribution in [0.1, 0.15) is 41.1 Å². The summed E-state index contributed by atoms with van der Waals surface area (Å²) < 4.78 is 0. The monoisotopic (exact) mass is 337 g/mol. The van der Waals surface area contributed by atoms with Gasteiger partial charge in [0, 0.05) is 37.4 Å². The van der Waals surface area contributed by atoms with Gasteiger partial charge in [-0.15, -0.1) is 0 Å². The maximum absolute atomic E-state index is 13.3. The summed E-state index contributed by atoms with van der Waals surface area (Å²) in [5.74, 6) is 0.740. The van der Waals surface area contributed by atoms with Gasteiger partial charge in [0.15, 0.2) is 0 Å². The highest BCUT2D eigenvalue weighted by atomic mass is 16.3. The highest BCUT2D eigenvalue weighted by Crippen LogP contribution is 2.37. The van der Waals surface area contributed by atoms with Crippen LogP contribution >= 0.6 is 0 Å². The summed E-state index contributed by atoms with van der Waals surface area (Å²) in [7, 11) is 0. The molecule has 1 amide bonds. The summed E-state index contributed by atoms with van der Waals surface area (Å²) in [6.07, 6.45) is 5.28. The van der Waals surface area contributed by atoms with Gasteiger partial charge in [0.25, 0.3) is 5.91 Å². The smallest absolute Gasteiger partial charge is 0.262 e. The molecule has 0 aliphatic carbocycles. The first-order valence-corrected chi connectivity index (χ1v) is 9.01. The summed E-state index contributed by atoms with van der Waals surface area (Å²) in [6.45, 7) is 2.47. The van der Waals surface area contributed by atoms with Gasteiger partial charge < -0.3 is 14.9 Å². The van der Waals surface area contributed by atoms with Crippen LogP contribution in [0.5, 0.6) is 0 Å². The molecular weight excluding hydrogens is 314 g/mol. The Hall–Kier alpha value is -2.40. The molecule has 2 aliphatic heterocycles. The summed E-state index contributed by atoms with van der Waals surface area (Å²) in [4.78, 5) is 21.8. The second kappa shape index (κ2) is 6.84. The molecule has 130 valence electrons. The lowest BCUT2D eigenvalue weighted by atomic mass is 10.0. The van der Waals surface area contributed by atoms with Crippen molar-refractivity contribution in [3.8, 4) is 0 Å². The molecule has 1 fully saturated rings. The van der Waals surface area contributed by atoms with Gasteiger partial charge in [0.2, 0.25) is 0 Å². The molecule has 0 spiro atoms. The van der Waals surface area contributed by atoms with E-state index in [2.05, 4.69) is 9.88 Å². The van der Waals surface area contributed by atoms with Crippen LogP contribution in [0.15, 0.2) is 42.6 Å². The minimum absolute atomic E-state index is 0.0183. The van der Waals surface area contributed by atoms with Crippen molar-refractivity contribution in [2.45, 2.75) is 25.2 Å². The SMILES string of the molecule is O=C(c1cccnc1N1CCCCC1)N1CC(CO)c2ccccc21. The van der Waals surface area contributed by atoms with Crippen LogP contribution < -0.4 is 9.80 Å². The maximum Gasteiger partial charge on any atom is 0.262 e. The van der Waals surface area contributed by atoms with Gasteiger partial charge in [-0.2, -0.15) is 0 Å². The molecule has 5 heteroatoms. The number of carbonyl (C=O) groups excluding carboxylic acids is 1. The second-order valence-corrected chi connectivity index (χ2v) is 6.78. The van der Waals surface area contributed by atoms with Gasteiger partial charge in [-0.05, 0) is 43.0 Å². The van der Waals surface area contributed by atoms with E-state index in [1.807, 2.05) is 36.4 Å². The second-order valence-electron chi connectivity index (χ2n) is 6.78. The Bertz CT molecular complexity index is 771. The zero-order valence-corrected chi connectivity index (χ0v) is 14.3. The van der Waals surface area contributed by atoms with Crippen molar-refractivity contribution in [2.75, 3.05) is 36.0 Å². The first-order chi connectivity index (χ1) is 12.3. The van der Waals surface area contributed by atoms with E-state index in [-0.39, 0.29) is 18.4 Å². The van der Waals surface area contributed by atoms with Crippen LogP contribution in [0.2, 0.25) is 0 Å². The molecule has 1 aromatic heterocycles. The number of carbonyl (C=O) groups is 1. The van der Waals surface area contributed by atoms with E-state index < -0.39 is 0 Å². The first-order valence-electron chi connectivity index (χ1n) is 9.01. The molecule has 1 N–H and O–H groups in total. The molecule has 2 aliphatic rings. The molecule has 3 heterocycles. The Morgan fingerprint density at radius 1 is 1.12 bits per heavy atom. The van der Waals surface area contributed by atoms with E-state index in [4.69, 9.17) is 0 Å². The third-order valence-electron chi connectivity index (χ3n) is 5.21. The number of amides is 1. The summed E-state index contributed by atoms with van der Waals surface area (Å²) >= 11 is 0. The van der Waals surface area contributed by atoms with Crippen LogP contribution in [0.3, 0.4) is 0 Å². The van der Waals surface area contributed by atoms with Crippen LogP contribution in [-0.2, 0) is 0 Å². The van der Waals surface area contributed by atoms with E-state index in [0.717, 1.165) is 43.0 Å². The highest BCUT2D eigenvalue weighted by molar-refractivity contribution is 6.10. The van der Waals surface area contributed by atoms with Crippen molar-refractivity contribution < 1.29 is 9.90 Å². The number of para-hydroxylation sites is 1. The van der Waals surface area contributed by atoms with E-state index >= 15 is 0 Å². The molecule has 1 unspecified atom stereocenters. The molecule has 0 saturated carbocycles. The molecule has 1 aromatic carbocycles. The van der Waals surface area contributed by atoms with Crippen molar-refractivity contribution in [1.29, 1.82) is 0 Å². The number of rotatable bonds is 3. The standard InChI is InChI=1S/C20H23N3O2/c24-14-15-13-23(18-9-3-2-7-16(15)18)20(25)17-8-6-10-21-19(17)22-11-4-1-5-12-22/h2-3,6-10,15,24H,1,4-5,11-14H2. The van der Waals surface area contributed by atoms with Crippen LogP contribution in [0.25, 0.3) is 0 Å². The fourth-order valence-corrected chi connectivity index (χ4v) is 3.91. The quantitative estimate of drug-likeness (QED) is 0.936. The number of hydrogen-bond acceptors (Lipinski definition) is 4. The number of fused-ring (bicyclic) bond motifs is 1. The zero-order valence-electron chi connectivity index (χ0n) is 14.3. The molecule has 2 aromatic rings. The van der Waals surface area contributed by atoms with Crippen LogP contribution in [-0.4, -0.2) is 42.2 Å². The zero-order chi connectivity index (χ0) is 17.2. The van der Waals surface area contributed by atoms with Crippen molar-refractivity contribution in [2.24, 2.45) is 0 Å². The number of aliphatic hydroxyl groups excluding tert-OH is 1. The molecule has 25 heavy (non-hydrogen) atoms. The van der Waals surface area contributed by atoms with Crippen molar-refractivity contribution >= 4 is 17.4 Å². The lowest BCUT2D eigenvalue weighted by Crippen LogP contribution is -2.35. The lowest BCUT2D eigenvalue weighted by Gasteiger charge is -2.30. The highest BCUT2D eigenvalue weighted by Gasteiger charge is 2.33. The fourth-order valence-electron chi connectivity index (χ4n) is 3.91. The number of anilines is 2. The van der Waals surface area contributed by atoms with Gasteiger partial charge in [0.1, 0.15) is 5.82 Å². The Balaban J connectivity index is 1.68. The number of pyridine rings is 1. The molecule has 0 bridgehead atoms. The number of aromatic nitrogens is 1. The maximum atomic E-state index is 13.3. The predicted molar refractivity (Wildman–Crippen MR) is 98.2 cm³/mol. The molecule has 1 atom stereocenters. The molecule has 0 radical (unpaired) electrons. The normalized spacial score (nSPS) is 19.8. The topological polar surface area (TPSA) is 56.7 Å². The number of piperidine rings is 1. The molecule has 1 saturated heterocycles. The van der Waals surface area contributed by atoms with E-state index in [9.17, 15) is 9.90 Å². The predicted octanol–water partition coefficient (Wildman–Crippen LogP) is 2.81. The van der Waals surface area contributed by atoms with Gasteiger partial charge in [-0.25, -0.2) is 4.98 Å². The number of aliphatic hydroxyl groups is 1. The summed E-state index contributed by atoms with van der Waals surface area (Å²) in [6, 6.07) is 11.5. The number of benzene rings is 1. The largest absolute Gasteiger partial charge is 0.396 e. The molecule has 5 nitrogen and oxygen atoms in total. The third kappa shape index (κ3) is 2.89. The van der Waals surface area contributed by atoms with Gasteiger partial charge in [-0.3, -0.25) is 4.79 Å². The average molecular weight is 337 g/mol. The Labute approximate surface area is 147 Å². The van der Waals surface area contributed by atoms with E-state index in [0.29, 0.717) is 12.1 Å². The lowest BCUT2D eigenvalue weighted by molar-refractivity contribution is 0.0987. The Kier molecular flexibility index (Phi) is 4.40. The Morgan fingerprint density at radius 3 is 2.72 bits per heavy atom. The van der Waals surface area contributed by atoms with Crippen LogP contribution in [0, 0.1) is 0 Å². The molecule has 4 rings (SSSR count). The minimum atomic E-state index is -0.0305. The fraction of sp³-hybridized carbons (Fsp3) is 0.400. The minimum Gasteiger partial charge on any atom is -0.396 e. The van der Waals surface area contributed by atoms with Crippen molar-refractivity contribution in [3.63, 3.8) is 0 Å². The summed E-state index contributed by atoms with van der Waals surface area (Å²) in [5.41, 5.74) is 2.60. The molecular formula is C20H23N3O2. The Morgan fingerprint density at radius 2 is 1.92 bits per heavy atom. The van der Waals surface area contributed by atoms with Gasteiger partial charge in [-0.1, -0.05) is 18.2 Å².